The summed E-state index contributed by atoms with van der Waals surface area (Å²) in [6.07, 6.45) is 6.34. The highest BCUT2D eigenvalue weighted by Crippen LogP contribution is 2.16. The predicted molar refractivity (Wildman–Crippen MR) is 73.3 cm³/mol. The molecule has 1 saturated heterocycles. The lowest BCUT2D eigenvalue weighted by atomic mass is 9.97. The molecular weight excluding hydrogens is 228 g/mol. The number of carbonyl (C=O) groups excluding carboxylic acids is 1. The molecule has 0 amide bonds. The van der Waals surface area contributed by atoms with E-state index in [4.69, 9.17) is 10.5 Å². The molecule has 1 aliphatic heterocycles. The van der Waals surface area contributed by atoms with Gasteiger partial charge in [0.1, 0.15) is 0 Å². The van der Waals surface area contributed by atoms with Crippen molar-refractivity contribution in [3.63, 3.8) is 0 Å². The van der Waals surface area contributed by atoms with Crippen molar-refractivity contribution in [3.05, 3.63) is 0 Å². The maximum atomic E-state index is 11.1. The first kappa shape index (κ1) is 15.4. The molecule has 0 spiro atoms. The van der Waals surface area contributed by atoms with Gasteiger partial charge in [0.2, 0.25) is 0 Å². The summed E-state index contributed by atoms with van der Waals surface area (Å²) in [6, 6.07) is 0. The number of unbranched alkanes of at least 4 members (excludes halogenated alkanes) is 2. The van der Waals surface area contributed by atoms with E-state index in [2.05, 4.69) is 4.90 Å². The van der Waals surface area contributed by atoms with Crippen LogP contribution in [0, 0.1) is 5.92 Å². The molecule has 0 saturated carbocycles. The molecule has 0 atom stereocenters. The first-order valence-corrected chi connectivity index (χ1v) is 7.34. The van der Waals surface area contributed by atoms with Gasteiger partial charge in [-0.05, 0) is 64.7 Å². The maximum absolute atomic E-state index is 11.1. The molecule has 2 N–H and O–H groups in total. The molecule has 1 rings (SSSR count). The van der Waals surface area contributed by atoms with E-state index in [1.54, 1.807) is 0 Å². The van der Waals surface area contributed by atoms with E-state index in [1.807, 2.05) is 6.92 Å². The van der Waals surface area contributed by atoms with Crippen LogP contribution in [0.4, 0.5) is 0 Å². The molecule has 1 heterocycles. The molecule has 0 aromatic heterocycles. The van der Waals surface area contributed by atoms with Crippen LogP contribution in [0.3, 0.4) is 0 Å². The van der Waals surface area contributed by atoms with Gasteiger partial charge >= 0.3 is 5.97 Å². The number of likely N-dealkylation sites (tertiary alicyclic amines) is 1. The molecule has 0 aromatic rings. The van der Waals surface area contributed by atoms with Gasteiger partial charge in [0.25, 0.3) is 0 Å². The molecule has 0 aliphatic carbocycles. The number of hydrogen-bond acceptors (Lipinski definition) is 4. The van der Waals surface area contributed by atoms with Crippen molar-refractivity contribution in [2.24, 2.45) is 11.7 Å². The fourth-order valence-electron chi connectivity index (χ4n) is 2.46. The van der Waals surface area contributed by atoms with Crippen molar-refractivity contribution in [2.45, 2.75) is 45.4 Å². The monoisotopic (exact) mass is 256 g/mol. The van der Waals surface area contributed by atoms with Gasteiger partial charge in [0.05, 0.1) is 6.61 Å². The molecule has 0 aromatic carbocycles. The van der Waals surface area contributed by atoms with Crippen molar-refractivity contribution in [3.8, 4) is 0 Å². The second kappa shape index (κ2) is 9.34. The molecule has 0 bridgehead atoms. The molecule has 0 radical (unpaired) electrons. The standard InChI is InChI=1S/C14H28N2O2/c1-2-18-14(17)6-4-3-5-9-16-10-7-13(12-15)8-11-16/h13H,2-12,15H2,1H3. The van der Waals surface area contributed by atoms with Crippen molar-refractivity contribution in [2.75, 3.05) is 32.8 Å². The molecule has 1 aliphatic rings. The highest BCUT2D eigenvalue weighted by atomic mass is 16.5. The lowest BCUT2D eigenvalue weighted by molar-refractivity contribution is -0.143. The van der Waals surface area contributed by atoms with Crippen molar-refractivity contribution < 1.29 is 9.53 Å². The van der Waals surface area contributed by atoms with E-state index in [1.165, 1.54) is 38.9 Å². The van der Waals surface area contributed by atoms with Crippen LogP contribution in [0.5, 0.6) is 0 Å². The van der Waals surface area contributed by atoms with Crippen molar-refractivity contribution in [1.29, 1.82) is 0 Å². The van der Waals surface area contributed by atoms with Crippen LogP contribution in [0.2, 0.25) is 0 Å². The van der Waals surface area contributed by atoms with Crippen LogP contribution in [-0.4, -0.2) is 43.7 Å². The Morgan fingerprint density at radius 1 is 1.28 bits per heavy atom. The van der Waals surface area contributed by atoms with Crippen molar-refractivity contribution in [1.82, 2.24) is 4.90 Å². The first-order valence-electron chi connectivity index (χ1n) is 7.34. The maximum Gasteiger partial charge on any atom is 0.305 e. The molecule has 106 valence electrons. The van der Waals surface area contributed by atoms with Gasteiger partial charge < -0.3 is 15.4 Å². The second-order valence-corrected chi connectivity index (χ2v) is 5.14. The van der Waals surface area contributed by atoms with Gasteiger partial charge in [-0.1, -0.05) is 6.42 Å². The van der Waals surface area contributed by atoms with Crippen LogP contribution >= 0.6 is 0 Å². The van der Waals surface area contributed by atoms with Crippen LogP contribution in [0.1, 0.15) is 45.4 Å². The summed E-state index contributed by atoms with van der Waals surface area (Å²) in [5, 5.41) is 0. The normalized spacial score (nSPS) is 17.9. The SMILES string of the molecule is CCOC(=O)CCCCCN1CCC(CN)CC1. The van der Waals surface area contributed by atoms with Gasteiger partial charge in [0.15, 0.2) is 0 Å². The number of nitrogens with two attached hydrogens (primary N) is 1. The third-order valence-corrected chi connectivity index (χ3v) is 3.70. The van der Waals surface area contributed by atoms with Crippen LogP contribution in [-0.2, 0) is 9.53 Å². The Labute approximate surface area is 111 Å². The zero-order chi connectivity index (χ0) is 13.2. The van der Waals surface area contributed by atoms with E-state index in [-0.39, 0.29) is 5.97 Å². The highest BCUT2D eigenvalue weighted by Gasteiger charge is 2.17. The Bertz CT molecular complexity index is 226. The molecule has 4 heteroatoms. The number of carbonyl (C=O) groups is 1. The average molecular weight is 256 g/mol. The zero-order valence-electron chi connectivity index (χ0n) is 11.7. The number of hydrogen-bond donors (Lipinski definition) is 1. The van der Waals surface area contributed by atoms with Crippen molar-refractivity contribution >= 4 is 5.97 Å². The van der Waals surface area contributed by atoms with Gasteiger partial charge in [-0.15, -0.1) is 0 Å². The topological polar surface area (TPSA) is 55.6 Å². The Balaban J connectivity index is 1.94. The number of nitrogens with zero attached hydrogens (tertiary/aromatic N) is 1. The Morgan fingerprint density at radius 2 is 2.00 bits per heavy atom. The number of esters is 1. The third-order valence-electron chi connectivity index (χ3n) is 3.70. The van der Waals surface area contributed by atoms with E-state index < -0.39 is 0 Å². The van der Waals surface area contributed by atoms with Gasteiger partial charge in [-0.2, -0.15) is 0 Å². The van der Waals surface area contributed by atoms with Crippen LogP contribution in [0.15, 0.2) is 0 Å². The van der Waals surface area contributed by atoms with Gasteiger partial charge in [0, 0.05) is 6.42 Å². The zero-order valence-corrected chi connectivity index (χ0v) is 11.7. The highest BCUT2D eigenvalue weighted by molar-refractivity contribution is 5.69. The van der Waals surface area contributed by atoms with E-state index in [9.17, 15) is 4.79 Å². The quantitative estimate of drug-likeness (QED) is 0.531. The lowest BCUT2D eigenvalue weighted by Crippen LogP contribution is -2.36. The number of rotatable bonds is 8. The van der Waals surface area contributed by atoms with E-state index in [0.29, 0.717) is 13.0 Å². The average Bonchev–Trinajstić information content (AvgIpc) is 2.39. The minimum absolute atomic E-state index is 0.0544. The van der Waals surface area contributed by atoms with Crippen LogP contribution in [0.25, 0.3) is 0 Å². The van der Waals surface area contributed by atoms with Crippen LogP contribution < -0.4 is 5.73 Å². The van der Waals surface area contributed by atoms with Gasteiger partial charge in [-0.25, -0.2) is 0 Å². The Morgan fingerprint density at radius 3 is 2.61 bits per heavy atom. The molecule has 4 nitrogen and oxygen atoms in total. The predicted octanol–water partition coefficient (Wildman–Crippen LogP) is 1.78. The number of piperidine rings is 1. The second-order valence-electron chi connectivity index (χ2n) is 5.14. The third kappa shape index (κ3) is 6.36. The first-order chi connectivity index (χ1) is 8.76. The largest absolute Gasteiger partial charge is 0.466 e. The summed E-state index contributed by atoms with van der Waals surface area (Å²) < 4.78 is 4.90. The fourth-order valence-corrected chi connectivity index (χ4v) is 2.46. The summed E-state index contributed by atoms with van der Waals surface area (Å²) in [5.41, 5.74) is 5.68. The number of ether oxygens (including phenoxy) is 1. The summed E-state index contributed by atoms with van der Waals surface area (Å²) in [6.45, 7) is 6.74. The minimum Gasteiger partial charge on any atom is -0.466 e. The fraction of sp³-hybridized carbons (Fsp3) is 0.929. The summed E-state index contributed by atoms with van der Waals surface area (Å²) in [5.74, 6) is 0.686. The Kier molecular flexibility index (Phi) is 8.01. The smallest absolute Gasteiger partial charge is 0.305 e. The van der Waals surface area contributed by atoms with E-state index >= 15 is 0 Å². The summed E-state index contributed by atoms with van der Waals surface area (Å²) >= 11 is 0. The molecule has 0 unspecified atom stereocenters. The molecular formula is C14H28N2O2. The summed E-state index contributed by atoms with van der Waals surface area (Å²) in [7, 11) is 0. The summed E-state index contributed by atoms with van der Waals surface area (Å²) in [4.78, 5) is 13.7. The Hall–Kier alpha value is -0.610. The lowest BCUT2D eigenvalue weighted by Gasteiger charge is -2.31. The molecule has 1 fully saturated rings. The minimum atomic E-state index is -0.0544. The van der Waals surface area contributed by atoms with E-state index in [0.717, 1.165) is 25.3 Å². The van der Waals surface area contributed by atoms with Gasteiger partial charge in [-0.3, -0.25) is 4.79 Å². The molecule has 18 heavy (non-hydrogen) atoms.